The minimum atomic E-state index is -1.23. The van der Waals surface area contributed by atoms with Crippen molar-refractivity contribution in [1.29, 1.82) is 0 Å². The van der Waals surface area contributed by atoms with E-state index in [1.807, 2.05) is 48.6 Å². The zero-order chi connectivity index (χ0) is 19.2. The molecule has 2 atom stereocenters. The molecular weight excluding hydrogens is 349 g/mol. The number of fused-ring (bicyclic) bond motifs is 1. The topological polar surface area (TPSA) is 111 Å². The van der Waals surface area contributed by atoms with Crippen LogP contribution in [0.2, 0.25) is 0 Å². The van der Waals surface area contributed by atoms with E-state index in [0.29, 0.717) is 17.5 Å². The molecule has 3 aromatic heterocycles. The SMILES string of the molecule is C[C@H](c1ncc(F)cn1)C1(N)N=C(Nc2cn(C)cn2)c2ccn(C)c2N1. The Morgan fingerprint density at radius 1 is 1.26 bits per heavy atom. The van der Waals surface area contributed by atoms with Gasteiger partial charge in [0.25, 0.3) is 0 Å². The fourth-order valence-corrected chi connectivity index (χ4v) is 2.98. The van der Waals surface area contributed by atoms with E-state index in [0.717, 1.165) is 23.8 Å². The number of anilines is 2. The normalized spacial score (nSPS) is 19.8. The van der Waals surface area contributed by atoms with Crippen molar-refractivity contribution in [3.05, 3.63) is 54.4 Å². The van der Waals surface area contributed by atoms with Crippen molar-refractivity contribution >= 4 is 17.5 Å². The molecule has 1 unspecified atom stereocenters. The van der Waals surface area contributed by atoms with Crippen LogP contribution in [0, 0.1) is 5.82 Å². The van der Waals surface area contributed by atoms with E-state index in [1.54, 1.807) is 6.33 Å². The number of aryl methyl sites for hydroxylation is 2. The molecule has 0 aromatic carbocycles. The maximum absolute atomic E-state index is 13.2. The molecule has 0 saturated heterocycles. The Morgan fingerprint density at radius 3 is 2.67 bits per heavy atom. The lowest BCUT2D eigenvalue weighted by Crippen LogP contribution is -2.54. The van der Waals surface area contributed by atoms with Crippen molar-refractivity contribution in [2.45, 2.75) is 18.6 Å². The molecule has 1 aliphatic heterocycles. The number of hydrogen-bond donors (Lipinski definition) is 3. The summed E-state index contributed by atoms with van der Waals surface area (Å²) in [6, 6.07) is 1.94. The summed E-state index contributed by atoms with van der Waals surface area (Å²) in [4.78, 5) is 17.1. The second-order valence-corrected chi connectivity index (χ2v) is 6.63. The summed E-state index contributed by atoms with van der Waals surface area (Å²) in [6.07, 6.45) is 7.70. The summed E-state index contributed by atoms with van der Waals surface area (Å²) >= 11 is 0. The minimum Gasteiger partial charge on any atom is -0.338 e. The lowest BCUT2D eigenvalue weighted by atomic mass is 10.0. The van der Waals surface area contributed by atoms with Gasteiger partial charge in [0, 0.05) is 26.5 Å². The van der Waals surface area contributed by atoms with Gasteiger partial charge in [-0.3, -0.25) is 5.73 Å². The minimum absolute atomic E-state index is 0.394. The maximum atomic E-state index is 13.2. The van der Waals surface area contributed by atoms with Gasteiger partial charge in [-0.25, -0.2) is 24.3 Å². The molecule has 0 saturated carbocycles. The number of aliphatic imine (C=N–C) groups is 1. The van der Waals surface area contributed by atoms with Gasteiger partial charge in [0.15, 0.2) is 11.6 Å². The lowest BCUT2D eigenvalue weighted by Gasteiger charge is -2.36. The first-order chi connectivity index (χ1) is 12.9. The van der Waals surface area contributed by atoms with Crippen molar-refractivity contribution in [2.75, 3.05) is 10.6 Å². The van der Waals surface area contributed by atoms with Gasteiger partial charge in [-0.1, -0.05) is 0 Å². The molecule has 10 heteroatoms. The van der Waals surface area contributed by atoms with Crippen LogP contribution in [0.5, 0.6) is 0 Å². The molecule has 4 heterocycles. The molecule has 0 aliphatic carbocycles. The molecule has 0 radical (unpaired) electrons. The van der Waals surface area contributed by atoms with E-state index in [1.165, 1.54) is 0 Å². The van der Waals surface area contributed by atoms with Crippen LogP contribution in [0.1, 0.15) is 24.2 Å². The second kappa shape index (κ2) is 6.16. The first-order valence-corrected chi connectivity index (χ1v) is 8.41. The molecule has 9 nitrogen and oxygen atoms in total. The van der Waals surface area contributed by atoms with Crippen LogP contribution in [0.25, 0.3) is 0 Å². The number of aromatic nitrogens is 5. The third-order valence-corrected chi connectivity index (χ3v) is 4.58. The van der Waals surface area contributed by atoms with Crippen LogP contribution < -0.4 is 16.4 Å². The highest BCUT2D eigenvalue weighted by molar-refractivity contribution is 6.12. The average Bonchev–Trinajstić information content (AvgIpc) is 3.21. The molecule has 0 amide bonds. The Morgan fingerprint density at radius 2 is 2.00 bits per heavy atom. The molecule has 1 aliphatic rings. The number of nitrogens with one attached hydrogen (secondary N) is 2. The maximum Gasteiger partial charge on any atom is 0.195 e. The van der Waals surface area contributed by atoms with Gasteiger partial charge in [-0.05, 0) is 13.0 Å². The number of rotatable bonds is 3. The van der Waals surface area contributed by atoms with Crippen LogP contribution in [-0.4, -0.2) is 35.7 Å². The van der Waals surface area contributed by atoms with Crippen molar-refractivity contribution in [1.82, 2.24) is 24.1 Å². The van der Waals surface area contributed by atoms with Crippen molar-refractivity contribution in [2.24, 2.45) is 24.8 Å². The molecule has 4 N–H and O–H groups in total. The molecular formula is C17H20FN9. The van der Waals surface area contributed by atoms with Gasteiger partial charge in [-0.2, -0.15) is 0 Å². The number of halogens is 1. The molecule has 3 aromatic rings. The largest absolute Gasteiger partial charge is 0.338 e. The summed E-state index contributed by atoms with van der Waals surface area (Å²) in [5.74, 6) is 0.278. The average molecular weight is 369 g/mol. The van der Waals surface area contributed by atoms with Crippen LogP contribution in [-0.2, 0) is 14.1 Å². The molecule has 4 rings (SSSR count). The van der Waals surface area contributed by atoms with E-state index in [4.69, 9.17) is 10.7 Å². The highest BCUT2D eigenvalue weighted by atomic mass is 19.1. The first kappa shape index (κ1) is 17.2. The summed E-state index contributed by atoms with van der Waals surface area (Å²) < 4.78 is 16.9. The van der Waals surface area contributed by atoms with Gasteiger partial charge in [0.2, 0.25) is 0 Å². The van der Waals surface area contributed by atoms with E-state index in [9.17, 15) is 4.39 Å². The predicted octanol–water partition coefficient (Wildman–Crippen LogP) is 1.39. The van der Waals surface area contributed by atoms with Gasteiger partial charge in [0.1, 0.15) is 23.3 Å². The number of amidine groups is 1. The lowest BCUT2D eigenvalue weighted by molar-refractivity contribution is 0.406. The van der Waals surface area contributed by atoms with Gasteiger partial charge >= 0.3 is 0 Å². The Hall–Kier alpha value is -3.27. The molecule has 0 spiro atoms. The second-order valence-electron chi connectivity index (χ2n) is 6.63. The third-order valence-electron chi connectivity index (χ3n) is 4.58. The number of imidazole rings is 1. The number of nitrogens with zero attached hydrogens (tertiary/aromatic N) is 6. The fourth-order valence-electron chi connectivity index (χ4n) is 2.98. The molecule has 0 bridgehead atoms. The van der Waals surface area contributed by atoms with E-state index in [-0.39, 0.29) is 0 Å². The molecule has 27 heavy (non-hydrogen) atoms. The summed E-state index contributed by atoms with van der Waals surface area (Å²) in [6.45, 7) is 1.84. The predicted molar refractivity (Wildman–Crippen MR) is 99.7 cm³/mol. The summed E-state index contributed by atoms with van der Waals surface area (Å²) in [5, 5.41) is 6.50. The highest BCUT2D eigenvalue weighted by Gasteiger charge is 2.40. The van der Waals surface area contributed by atoms with E-state index in [2.05, 4.69) is 25.6 Å². The van der Waals surface area contributed by atoms with E-state index < -0.39 is 17.5 Å². The van der Waals surface area contributed by atoms with Crippen molar-refractivity contribution in [3.63, 3.8) is 0 Å². The number of hydrogen-bond acceptors (Lipinski definition) is 7. The Balaban J connectivity index is 1.75. The zero-order valence-electron chi connectivity index (χ0n) is 15.2. The quantitative estimate of drug-likeness (QED) is 0.643. The molecule has 140 valence electrons. The van der Waals surface area contributed by atoms with Crippen molar-refractivity contribution in [3.8, 4) is 0 Å². The highest BCUT2D eigenvalue weighted by Crippen LogP contribution is 2.33. The summed E-state index contributed by atoms with van der Waals surface area (Å²) in [7, 11) is 3.80. The zero-order valence-corrected chi connectivity index (χ0v) is 15.2. The third kappa shape index (κ3) is 3.04. The van der Waals surface area contributed by atoms with Crippen LogP contribution in [0.4, 0.5) is 16.0 Å². The Labute approximate surface area is 155 Å². The smallest absolute Gasteiger partial charge is 0.195 e. The summed E-state index contributed by atoms with van der Waals surface area (Å²) in [5.41, 5.74) is 7.49. The van der Waals surface area contributed by atoms with E-state index >= 15 is 0 Å². The van der Waals surface area contributed by atoms with Crippen molar-refractivity contribution < 1.29 is 4.39 Å². The number of nitrogens with two attached hydrogens (primary N) is 1. The van der Waals surface area contributed by atoms with Gasteiger partial charge < -0.3 is 19.8 Å². The Bertz CT molecular complexity index is 1000. The molecule has 0 fully saturated rings. The van der Waals surface area contributed by atoms with Crippen LogP contribution in [0.3, 0.4) is 0 Å². The fraction of sp³-hybridized carbons (Fsp3) is 0.294. The monoisotopic (exact) mass is 369 g/mol. The van der Waals surface area contributed by atoms with Crippen LogP contribution in [0.15, 0.2) is 42.2 Å². The van der Waals surface area contributed by atoms with Crippen LogP contribution >= 0.6 is 0 Å². The van der Waals surface area contributed by atoms with Gasteiger partial charge in [0.05, 0.1) is 30.2 Å². The standard InChI is InChI=1S/C17H20FN9/c1-10(14-20-6-11(18)7-21-14)17(19)24-15(23-13-8-26(2)9-22-13)12-4-5-27(3)16(12)25-17/h4-10,25H,19H2,1-3H3,(H,23,24)/t10-,17?/m1/s1. The van der Waals surface area contributed by atoms with Gasteiger partial charge in [-0.15, -0.1) is 0 Å². The first-order valence-electron chi connectivity index (χ1n) is 8.41. The Kier molecular flexibility index (Phi) is 3.92.